The average molecular weight is 422 g/mol. The van der Waals surface area contributed by atoms with E-state index in [4.69, 9.17) is 18.7 Å². The van der Waals surface area contributed by atoms with E-state index < -0.39 is 7.81 Å². The number of carbonyl (C=O) groups is 1. The zero-order valence-electron chi connectivity index (χ0n) is 11.6. The van der Waals surface area contributed by atoms with Crippen molar-refractivity contribution in [1.29, 1.82) is 0 Å². The van der Waals surface area contributed by atoms with Crippen molar-refractivity contribution >= 4 is 13.8 Å². The molecule has 0 N–H and O–H groups in total. The number of hydrogen-bond donors (Lipinski definition) is 0. The third-order valence-electron chi connectivity index (χ3n) is 1.12. The fourth-order valence-electron chi connectivity index (χ4n) is 0.754. The van der Waals surface area contributed by atoms with Gasteiger partial charge in [-0.3, -0.25) is 4.79 Å². The predicted molar refractivity (Wildman–Crippen MR) is 63.3 cm³/mol. The molecule has 0 aromatic heterocycles. The van der Waals surface area contributed by atoms with Crippen molar-refractivity contribution in [2.24, 2.45) is 0 Å². The van der Waals surface area contributed by atoms with Gasteiger partial charge < -0.3 is 4.74 Å². The van der Waals surface area contributed by atoms with Gasteiger partial charge in [-0.2, -0.15) is 0 Å². The fraction of sp³-hybridized carbons (Fsp3) is 0.182. The van der Waals surface area contributed by atoms with E-state index in [0.717, 1.165) is 12.2 Å². The first-order valence-corrected chi connectivity index (χ1v) is 6.82. The van der Waals surface area contributed by atoms with E-state index in [9.17, 15) is 30.0 Å². The van der Waals surface area contributed by atoms with E-state index in [2.05, 4.69) is 20.0 Å². The Kier molecular flexibility index (Phi) is 20.0. The Morgan fingerprint density at radius 2 is 1.33 bits per heavy atom. The second-order valence-electron chi connectivity index (χ2n) is 3.01. The van der Waals surface area contributed by atoms with Gasteiger partial charge in [0.25, 0.3) is 0 Å². The molecule has 0 fully saturated rings. The molecular weight excluding hydrogens is 413 g/mol. The minimum absolute atomic E-state index is 0. The number of ether oxygens (including phenoxy) is 1. The number of rotatable bonds is 1. The molecule has 0 spiro atoms. The van der Waals surface area contributed by atoms with Crippen LogP contribution in [0.4, 0.5) is 25.2 Å². The van der Waals surface area contributed by atoms with Crippen LogP contribution in [0.2, 0.25) is 0 Å². The molecule has 0 aromatic carbocycles. The molecule has 0 bridgehead atoms. The van der Waals surface area contributed by atoms with Crippen molar-refractivity contribution in [2.45, 2.75) is 13.3 Å². The maximum Gasteiger partial charge on any atom is 0 e. The molecule has 1 rings (SSSR count). The molecule has 0 aliphatic heterocycles. The average Bonchev–Trinajstić information content (AvgIpc) is 2.42. The molecule has 0 unspecified atom stereocenters. The van der Waals surface area contributed by atoms with Crippen LogP contribution in [0.25, 0.3) is 0 Å². The van der Waals surface area contributed by atoms with Gasteiger partial charge in [-0.05, 0) is 12.5 Å². The molecule has 0 atom stereocenters. The van der Waals surface area contributed by atoms with Crippen molar-refractivity contribution in [3.05, 3.63) is 50.4 Å². The van der Waals surface area contributed by atoms with Crippen LogP contribution in [0.15, 0.2) is 24.0 Å². The van der Waals surface area contributed by atoms with Crippen LogP contribution in [0.3, 0.4) is 0 Å². The smallest absolute Gasteiger partial charge is 0 e. The Balaban J connectivity index is -0.0000000762. The molecule has 5 nitrogen and oxygen atoms in total. The van der Waals surface area contributed by atoms with Gasteiger partial charge in [0.15, 0.2) is 0 Å². The third-order valence-corrected chi connectivity index (χ3v) is 1.12. The summed E-state index contributed by atoms with van der Waals surface area (Å²) < 4.78 is 86.5. The summed E-state index contributed by atoms with van der Waals surface area (Å²) in [7, 11) is -10.7. The van der Waals surface area contributed by atoms with Crippen LogP contribution >= 0.6 is 7.81 Å². The molecule has 139 valence electrons. The Bertz CT molecular complexity index is 452. The molecule has 1 radical (unpaired) electrons. The van der Waals surface area contributed by atoms with Gasteiger partial charge >= 0.3 is 72.9 Å². The van der Waals surface area contributed by atoms with Crippen molar-refractivity contribution in [3.8, 4) is 0 Å². The van der Waals surface area contributed by atoms with Crippen LogP contribution in [0.1, 0.15) is 13.3 Å². The van der Waals surface area contributed by atoms with Crippen LogP contribution in [-0.2, 0) is 40.6 Å². The molecular formula is C11H9F6FeO5P-. The minimum Gasteiger partial charge on any atom is 0 e. The summed E-state index contributed by atoms with van der Waals surface area (Å²) in [6.07, 6.45) is 8.23. The first-order valence-electron chi connectivity index (χ1n) is 4.79. The zero-order valence-corrected chi connectivity index (χ0v) is 13.6. The first kappa shape index (κ1) is 34.1. The second-order valence-corrected chi connectivity index (χ2v) is 4.93. The van der Waals surface area contributed by atoms with Crippen LogP contribution in [-0.4, -0.2) is 5.97 Å². The maximum absolute atomic E-state index is 10.7. The monoisotopic (exact) mass is 422 g/mol. The van der Waals surface area contributed by atoms with E-state index in [1.165, 1.54) is 6.92 Å². The molecule has 0 amide bonds. The largest absolute Gasteiger partial charge is 0 e. The SMILES string of the molecule is CC(=O)OC1=CC=C[CH]C1.F[P-](F)(F)(F)(F)F.[C-]#[O+].[C-]#[O+].[C-]#[O+].[Fe]. The summed E-state index contributed by atoms with van der Waals surface area (Å²) in [5.41, 5.74) is 0. The van der Waals surface area contributed by atoms with Gasteiger partial charge in [-0.1, -0.05) is 12.2 Å². The number of allylic oxidation sites excluding steroid dienone is 4. The van der Waals surface area contributed by atoms with Crippen molar-refractivity contribution < 1.29 is 65.7 Å². The molecule has 24 heavy (non-hydrogen) atoms. The van der Waals surface area contributed by atoms with Crippen LogP contribution in [0.5, 0.6) is 0 Å². The van der Waals surface area contributed by atoms with Gasteiger partial charge in [0, 0.05) is 30.4 Å². The van der Waals surface area contributed by atoms with Gasteiger partial charge in [0.2, 0.25) is 0 Å². The maximum atomic E-state index is 10.4. The van der Waals surface area contributed by atoms with Gasteiger partial charge in [0.1, 0.15) is 5.76 Å². The molecule has 0 aromatic rings. The Hall–Kier alpha value is -1.30. The van der Waals surface area contributed by atoms with E-state index in [-0.39, 0.29) is 23.0 Å². The minimum atomic E-state index is -10.7. The first-order chi connectivity index (χ1) is 10.2. The Morgan fingerprint density at radius 3 is 1.54 bits per heavy atom. The number of halogens is 6. The number of carbonyl (C=O) groups excluding carboxylic acids is 1. The predicted octanol–water partition coefficient (Wildman–Crippen LogP) is 4.86. The summed E-state index contributed by atoms with van der Waals surface area (Å²) in [4.78, 5) is 10.4. The van der Waals surface area contributed by atoms with Crippen molar-refractivity contribution in [3.63, 3.8) is 0 Å². The van der Waals surface area contributed by atoms with E-state index in [1.54, 1.807) is 6.08 Å². The second kappa shape index (κ2) is 14.1. The summed E-state index contributed by atoms with van der Waals surface area (Å²) in [5.74, 6) is 0.463. The quantitative estimate of drug-likeness (QED) is 0.151. The normalized spacial score (nSPS) is 13.8. The zero-order chi connectivity index (χ0) is 19.8. The van der Waals surface area contributed by atoms with E-state index in [0.29, 0.717) is 0 Å². The van der Waals surface area contributed by atoms with Crippen molar-refractivity contribution in [1.82, 2.24) is 0 Å². The number of hydrogen-bond acceptors (Lipinski definition) is 2. The summed E-state index contributed by atoms with van der Waals surface area (Å²) in [6, 6.07) is 0. The van der Waals surface area contributed by atoms with Crippen LogP contribution < -0.4 is 0 Å². The third kappa shape index (κ3) is 70.2. The van der Waals surface area contributed by atoms with Crippen molar-refractivity contribution in [2.75, 3.05) is 0 Å². The Labute approximate surface area is 144 Å². The van der Waals surface area contributed by atoms with Crippen LogP contribution in [0, 0.1) is 26.4 Å². The van der Waals surface area contributed by atoms with Gasteiger partial charge in [-0.15, -0.1) is 0 Å². The molecule has 0 saturated heterocycles. The molecule has 1 aliphatic carbocycles. The van der Waals surface area contributed by atoms with Gasteiger partial charge in [0.05, 0.1) is 0 Å². The van der Waals surface area contributed by atoms with E-state index in [1.807, 2.05) is 18.6 Å². The summed E-state index contributed by atoms with van der Waals surface area (Å²) >= 11 is 0. The topological polar surface area (TPSA) is 86.0 Å². The molecule has 1 aliphatic rings. The molecule has 0 saturated carbocycles. The fourth-order valence-corrected chi connectivity index (χ4v) is 0.754. The number of esters is 1. The molecule has 13 heteroatoms. The summed E-state index contributed by atoms with van der Waals surface area (Å²) in [5, 5.41) is 0. The molecule has 0 heterocycles. The Morgan fingerprint density at radius 1 is 1.00 bits per heavy atom. The summed E-state index contributed by atoms with van der Waals surface area (Å²) in [6.45, 7) is 14.9. The van der Waals surface area contributed by atoms with E-state index >= 15 is 0 Å². The standard InChI is InChI=1S/C8H9O2.3CO.F6P.Fe/c1-7(9)10-8-5-3-2-4-6-8;3*1-2;1-7(2,3,4,5)6;/h2-5H,6H2,1H3;;;;;/q;;;;-1;. The van der Waals surface area contributed by atoms with Gasteiger partial charge in [-0.25, -0.2) is 0 Å².